The van der Waals surface area contributed by atoms with Crippen molar-refractivity contribution in [2.45, 2.75) is 26.2 Å². The van der Waals surface area contributed by atoms with Crippen molar-refractivity contribution in [1.29, 1.82) is 0 Å². The molecule has 3 rings (SSSR count). The van der Waals surface area contributed by atoms with Gasteiger partial charge in [-0.05, 0) is 38.0 Å². The number of ketones is 1. The summed E-state index contributed by atoms with van der Waals surface area (Å²) >= 11 is 0. The molecule has 0 saturated carbocycles. The lowest BCUT2D eigenvalue weighted by atomic mass is 9.96. The Hall–Kier alpha value is -2.30. The molecule has 0 bridgehead atoms. The van der Waals surface area contributed by atoms with Gasteiger partial charge in [0.05, 0.1) is 11.0 Å². The summed E-state index contributed by atoms with van der Waals surface area (Å²) in [6.07, 6.45) is 2.42. The molecule has 1 aromatic carbocycles. The maximum atomic E-state index is 11.7. The van der Waals surface area contributed by atoms with Crippen LogP contribution < -0.4 is 11.0 Å². The first-order chi connectivity index (χ1) is 9.13. The average Bonchev–Trinajstić information content (AvgIpc) is 2.74. The van der Waals surface area contributed by atoms with Crippen molar-refractivity contribution in [3.05, 3.63) is 40.0 Å². The van der Waals surface area contributed by atoms with Crippen molar-refractivity contribution >= 4 is 22.5 Å². The zero-order valence-electron chi connectivity index (χ0n) is 10.7. The first kappa shape index (κ1) is 11.8. The molecular formula is C14H15N3O2. The van der Waals surface area contributed by atoms with E-state index in [-0.39, 0.29) is 11.5 Å². The Morgan fingerprint density at radius 2 is 1.89 bits per heavy atom. The van der Waals surface area contributed by atoms with E-state index in [9.17, 15) is 9.59 Å². The lowest BCUT2D eigenvalue weighted by Gasteiger charge is -2.18. The normalized spacial score (nSPS) is 16.2. The fourth-order valence-corrected chi connectivity index (χ4v) is 2.41. The fraction of sp³-hybridized carbons (Fsp3) is 0.286. The van der Waals surface area contributed by atoms with E-state index in [1.165, 1.54) is 0 Å². The van der Waals surface area contributed by atoms with Gasteiger partial charge in [0.2, 0.25) is 0 Å². The van der Waals surface area contributed by atoms with Gasteiger partial charge >= 0.3 is 5.69 Å². The number of anilines is 1. The Balaban J connectivity index is 1.94. The summed E-state index contributed by atoms with van der Waals surface area (Å²) in [5.41, 5.74) is 4.00. The number of rotatable bonds is 2. The molecule has 5 heteroatoms. The summed E-state index contributed by atoms with van der Waals surface area (Å²) in [6, 6.07) is 5.61. The Morgan fingerprint density at radius 1 is 1.11 bits per heavy atom. The average molecular weight is 257 g/mol. The van der Waals surface area contributed by atoms with Crippen molar-refractivity contribution < 1.29 is 4.79 Å². The summed E-state index contributed by atoms with van der Waals surface area (Å²) in [4.78, 5) is 28.3. The second-order valence-corrected chi connectivity index (χ2v) is 4.84. The Morgan fingerprint density at radius 3 is 2.74 bits per heavy atom. The highest BCUT2D eigenvalue weighted by Gasteiger charge is 2.16. The van der Waals surface area contributed by atoms with E-state index in [2.05, 4.69) is 15.3 Å². The van der Waals surface area contributed by atoms with Crippen LogP contribution in [0.5, 0.6) is 0 Å². The molecule has 0 atom stereocenters. The fourth-order valence-electron chi connectivity index (χ4n) is 2.41. The van der Waals surface area contributed by atoms with Gasteiger partial charge in [-0.2, -0.15) is 0 Å². The van der Waals surface area contributed by atoms with Gasteiger partial charge in [0.15, 0.2) is 5.78 Å². The van der Waals surface area contributed by atoms with E-state index >= 15 is 0 Å². The smallest absolute Gasteiger partial charge is 0.323 e. The van der Waals surface area contributed by atoms with Crippen LogP contribution in [0.25, 0.3) is 11.0 Å². The zero-order valence-corrected chi connectivity index (χ0v) is 10.7. The number of H-pyrrole nitrogens is 2. The molecule has 5 nitrogen and oxygen atoms in total. The first-order valence-electron chi connectivity index (χ1n) is 6.35. The highest BCUT2D eigenvalue weighted by molar-refractivity contribution is 5.97. The number of fused-ring (bicyclic) bond motifs is 1. The van der Waals surface area contributed by atoms with E-state index in [0.29, 0.717) is 6.42 Å². The molecule has 0 aliphatic heterocycles. The van der Waals surface area contributed by atoms with Gasteiger partial charge in [-0.3, -0.25) is 4.79 Å². The molecule has 0 amide bonds. The molecule has 0 fully saturated rings. The van der Waals surface area contributed by atoms with Crippen LogP contribution in [0.1, 0.15) is 26.2 Å². The SMILES string of the molecule is CC1=C(Nc2ccc3[nH]c(=O)[nH]c3c2)CCCC1=O. The van der Waals surface area contributed by atoms with Crippen LogP contribution in [0.15, 0.2) is 34.3 Å². The number of allylic oxidation sites excluding steroid dienone is 2. The molecule has 3 N–H and O–H groups in total. The molecular weight excluding hydrogens is 242 g/mol. The van der Waals surface area contributed by atoms with Crippen molar-refractivity contribution in [1.82, 2.24) is 9.97 Å². The number of imidazole rings is 1. The minimum Gasteiger partial charge on any atom is -0.359 e. The molecule has 0 radical (unpaired) electrons. The number of aromatic amines is 2. The Bertz CT molecular complexity index is 736. The molecule has 1 heterocycles. The number of Topliss-reactive ketones (excluding diaryl/α,β-unsaturated/α-hetero) is 1. The maximum Gasteiger partial charge on any atom is 0.323 e. The zero-order chi connectivity index (χ0) is 13.4. The summed E-state index contributed by atoms with van der Waals surface area (Å²) in [5, 5.41) is 3.29. The standard InChI is InChI=1S/C14H15N3O2/c1-8-10(3-2-4-13(8)18)15-9-5-6-11-12(7-9)17-14(19)16-11/h5-7,15H,2-4H2,1H3,(H2,16,17,19). The van der Waals surface area contributed by atoms with Crippen molar-refractivity contribution in [2.75, 3.05) is 5.32 Å². The third-order valence-electron chi connectivity index (χ3n) is 3.51. The van der Waals surface area contributed by atoms with E-state index in [4.69, 9.17) is 0 Å². The van der Waals surface area contributed by atoms with E-state index in [0.717, 1.165) is 40.8 Å². The van der Waals surface area contributed by atoms with Crippen LogP contribution in [0, 0.1) is 0 Å². The van der Waals surface area contributed by atoms with Crippen molar-refractivity contribution in [2.24, 2.45) is 0 Å². The van der Waals surface area contributed by atoms with Crippen LogP contribution >= 0.6 is 0 Å². The van der Waals surface area contributed by atoms with Gasteiger partial charge in [0.25, 0.3) is 0 Å². The number of carbonyl (C=O) groups is 1. The maximum absolute atomic E-state index is 11.7. The minimum atomic E-state index is -0.213. The quantitative estimate of drug-likeness (QED) is 0.772. The predicted molar refractivity (Wildman–Crippen MR) is 74.1 cm³/mol. The summed E-state index contributed by atoms with van der Waals surface area (Å²) in [6.45, 7) is 1.86. The second-order valence-electron chi connectivity index (χ2n) is 4.84. The van der Waals surface area contributed by atoms with Gasteiger partial charge < -0.3 is 15.3 Å². The monoisotopic (exact) mass is 257 g/mol. The van der Waals surface area contributed by atoms with Crippen LogP contribution in [0.3, 0.4) is 0 Å². The van der Waals surface area contributed by atoms with Gasteiger partial charge in [0, 0.05) is 23.4 Å². The van der Waals surface area contributed by atoms with Gasteiger partial charge in [-0.25, -0.2) is 4.79 Å². The molecule has 1 aliphatic carbocycles. The van der Waals surface area contributed by atoms with Gasteiger partial charge in [-0.15, -0.1) is 0 Å². The highest BCUT2D eigenvalue weighted by Crippen LogP contribution is 2.24. The van der Waals surface area contributed by atoms with E-state index in [1.807, 2.05) is 25.1 Å². The third-order valence-corrected chi connectivity index (χ3v) is 3.51. The molecule has 0 unspecified atom stereocenters. The van der Waals surface area contributed by atoms with E-state index in [1.54, 1.807) is 0 Å². The van der Waals surface area contributed by atoms with Crippen LogP contribution in [0.2, 0.25) is 0 Å². The number of hydrogen-bond donors (Lipinski definition) is 3. The van der Waals surface area contributed by atoms with Crippen LogP contribution in [-0.4, -0.2) is 15.8 Å². The molecule has 1 aromatic heterocycles. The highest BCUT2D eigenvalue weighted by atomic mass is 16.1. The predicted octanol–water partition coefficient (Wildman–Crippen LogP) is 2.30. The molecule has 98 valence electrons. The molecule has 0 spiro atoms. The molecule has 1 aliphatic rings. The van der Waals surface area contributed by atoms with Crippen molar-refractivity contribution in [3.8, 4) is 0 Å². The largest absolute Gasteiger partial charge is 0.359 e. The number of benzene rings is 1. The van der Waals surface area contributed by atoms with Crippen LogP contribution in [0.4, 0.5) is 5.69 Å². The molecule has 0 saturated heterocycles. The molecule has 19 heavy (non-hydrogen) atoms. The lowest BCUT2D eigenvalue weighted by Crippen LogP contribution is -2.14. The molecule has 2 aromatic rings. The summed E-state index contributed by atoms with van der Waals surface area (Å²) in [7, 11) is 0. The number of nitrogens with one attached hydrogen (secondary N) is 3. The second kappa shape index (κ2) is 4.42. The number of hydrogen-bond acceptors (Lipinski definition) is 3. The summed E-state index contributed by atoms with van der Waals surface area (Å²) in [5.74, 6) is 0.213. The first-order valence-corrected chi connectivity index (χ1v) is 6.35. The van der Waals surface area contributed by atoms with Crippen LogP contribution in [-0.2, 0) is 4.79 Å². The topological polar surface area (TPSA) is 77.8 Å². The van der Waals surface area contributed by atoms with E-state index < -0.39 is 0 Å². The summed E-state index contributed by atoms with van der Waals surface area (Å²) < 4.78 is 0. The number of aromatic nitrogens is 2. The third kappa shape index (κ3) is 2.19. The Kier molecular flexibility index (Phi) is 2.74. The van der Waals surface area contributed by atoms with Crippen molar-refractivity contribution in [3.63, 3.8) is 0 Å². The van der Waals surface area contributed by atoms with Gasteiger partial charge in [0.1, 0.15) is 0 Å². The van der Waals surface area contributed by atoms with Gasteiger partial charge in [-0.1, -0.05) is 0 Å². The Labute approximate surface area is 109 Å². The minimum absolute atomic E-state index is 0.213. The lowest BCUT2D eigenvalue weighted by molar-refractivity contribution is -0.116. The number of carbonyl (C=O) groups excluding carboxylic acids is 1.